The summed E-state index contributed by atoms with van der Waals surface area (Å²) in [7, 11) is 0. The van der Waals surface area contributed by atoms with Crippen molar-refractivity contribution in [2.45, 2.75) is 40.2 Å². The summed E-state index contributed by atoms with van der Waals surface area (Å²) in [6.45, 7) is 8.31. The normalized spacial score (nSPS) is 11.2. The number of aryl methyl sites for hydroxylation is 1. The van der Waals surface area contributed by atoms with Crippen LogP contribution in [0.25, 0.3) is 22.3 Å². The summed E-state index contributed by atoms with van der Waals surface area (Å²) in [4.78, 5) is 30.2. The lowest BCUT2D eigenvalue weighted by atomic mass is 9.96. The molecule has 0 aliphatic rings. The maximum Gasteiger partial charge on any atom is 0.313 e. The van der Waals surface area contributed by atoms with Gasteiger partial charge < -0.3 is 9.47 Å². The molecule has 0 atom stereocenters. The van der Waals surface area contributed by atoms with Crippen molar-refractivity contribution in [1.29, 1.82) is 5.26 Å². The Labute approximate surface area is 270 Å². The fourth-order valence-corrected chi connectivity index (χ4v) is 5.31. The highest BCUT2D eigenvalue weighted by molar-refractivity contribution is 6.31. The average Bonchev–Trinajstić information content (AvgIpc) is 3.03. The van der Waals surface area contributed by atoms with Crippen LogP contribution in [-0.2, 0) is 6.61 Å². The van der Waals surface area contributed by atoms with Crippen molar-refractivity contribution in [3.63, 3.8) is 0 Å². The fraction of sp³-hybridized carbons (Fsp3) is 0.200. The van der Waals surface area contributed by atoms with Gasteiger partial charge in [0.2, 0.25) is 5.75 Å². The van der Waals surface area contributed by atoms with E-state index in [9.17, 15) is 20.2 Å². The number of hydrogen-bond donors (Lipinski definition) is 0. The van der Waals surface area contributed by atoms with Crippen molar-refractivity contribution in [3.8, 4) is 29.0 Å². The molecule has 5 aromatic rings. The first-order valence-corrected chi connectivity index (χ1v) is 14.9. The summed E-state index contributed by atoms with van der Waals surface area (Å²) in [6, 6.07) is 22.4. The van der Waals surface area contributed by atoms with Crippen LogP contribution >= 0.6 is 11.6 Å². The highest BCUT2D eigenvalue weighted by Gasteiger charge is 2.22. The van der Waals surface area contributed by atoms with Gasteiger partial charge in [0.25, 0.3) is 5.56 Å². The molecule has 0 bridgehead atoms. The van der Waals surface area contributed by atoms with E-state index in [0.29, 0.717) is 34.2 Å². The molecule has 0 aliphatic heterocycles. The minimum absolute atomic E-state index is 0.0751. The molecule has 0 radical (unpaired) electrons. The molecule has 10 nitrogen and oxygen atoms in total. The molecule has 0 saturated carbocycles. The van der Waals surface area contributed by atoms with E-state index in [0.717, 1.165) is 16.9 Å². The van der Waals surface area contributed by atoms with Crippen LogP contribution in [0.3, 0.4) is 0 Å². The Morgan fingerprint density at radius 1 is 1.11 bits per heavy atom. The number of halogens is 1. The number of nitro benzene ring substituents is 1. The number of hydrogen-bond acceptors (Lipinski definition) is 8. The zero-order valence-corrected chi connectivity index (χ0v) is 26.4. The summed E-state index contributed by atoms with van der Waals surface area (Å²) in [5.41, 5.74) is 3.18. The third-order valence-corrected chi connectivity index (χ3v) is 7.57. The van der Waals surface area contributed by atoms with E-state index in [1.165, 1.54) is 23.0 Å². The molecule has 11 heteroatoms. The Hall–Kier alpha value is -5.53. The molecule has 0 N–H and O–H groups in total. The molecule has 5 rings (SSSR count). The van der Waals surface area contributed by atoms with E-state index in [4.69, 9.17) is 26.1 Å². The van der Waals surface area contributed by atoms with E-state index < -0.39 is 16.2 Å². The molecule has 0 fully saturated rings. The molecular formula is C35H30ClN5O5. The number of nitrogens with zero attached hydrogens (tertiary/aromatic N) is 5. The monoisotopic (exact) mass is 635 g/mol. The molecule has 232 valence electrons. The summed E-state index contributed by atoms with van der Waals surface area (Å²) in [5, 5.41) is 26.5. The number of para-hydroxylation sites is 1. The van der Waals surface area contributed by atoms with Crippen LogP contribution in [0.4, 0.5) is 5.69 Å². The highest BCUT2D eigenvalue weighted by Crippen LogP contribution is 2.36. The summed E-state index contributed by atoms with van der Waals surface area (Å²) >= 11 is 6.30. The maximum absolute atomic E-state index is 13.9. The molecule has 1 heterocycles. The van der Waals surface area contributed by atoms with Crippen LogP contribution in [0.1, 0.15) is 54.5 Å². The molecular weight excluding hydrogens is 606 g/mol. The van der Waals surface area contributed by atoms with Crippen LogP contribution in [-0.4, -0.2) is 27.4 Å². The van der Waals surface area contributed by atoms with Crippen molar-refractivity contribution >= 4 is 34.4 Å². The molecule has 4 aromatic carbocycles. The van der Waals surface area contributed by atoms with Gasteiger partial charge in [-0.2, -0.15) is 15.0 Å². The Balaban J connectivity index is 1.70. The smallest absolute Gasteiger partial charge is 0.313 e. The number of nitro groups is 1. The standard InChI is InChI=1S/C35H30ClN5O5/c1-5-45-32-14-22(4)29(17-28(32)21(2)3)34-39-30-13-9-8-12-27(30)35(42)40(34)38-19-25-15-26(36)16-31(41(43)44)33(25)46-20-24-11-7-6-10-23(24)18-37/h6-17,19,21H,5,20H2,1-4H3. The van der Waals surface area contributed by atoms with Gasteiger partial charge in [0.05, 0.1) is 40.3 Å². The van der Waals surface area contributed by atoms with Crippen LogP contribution in [0.5, 0.6) is 11.5 Å². The number of benzene rings is 4. The zero-order valence-electron chi connectivity index (χ0n) is 25.7. The van der Waals surface area contributed by atoms with Crippen molar-refractivity contribution in [3.05, 3.63) is 126 Å². The average molecular weight is 636 g/mol. The van der Waals surface area contributed by atoms with Crippen LogP contribution < -0.4 is 15.0 Å². The highest BCUT2D eigenvalue weighted by atomic mass is 35.5. The molecule has 1 aromatic heterocycles. The first kappa shape index (κ1) is 31.9. The summed E-state index contributed by atoms with van der Waals surface area (Å²) in [5.74, 6) is 1.03. The van der Waals surface area contributed by atoms with E-state index >= 15 is 0 Å². The Morgan fingerprint density at radius 3 is 2.57 bits per heavy atom. The summed E-state index contributed by atoms with van der Waals surface area (Å²) < 4.78 is 13.0. The molecule has 0 unspecified atom stereocenters. The van der Waals surface area contributed by atoms with Gasteiger partial charge in [0.15, 0.2) is 5.82 Å². The van der Waals surface area contributed by atoms with Crippen molar-refractivity contribution in [1.82, 2.24) is 9.66 Å². The number of aromatic nitrogens is 2. The quantitative estimate of drug-likeness (QED) is 0.0869. The zero-order chi connectivity index (χ0) is 33.0. The van der Waals surface area contributed by atoms with Gasteiger partial charge >= 0.3 is 5.69 Å². The van der Waals surface area contributed by atoms with E-state index in [1.807, 2.05) is 26.0 Å². The third kappa shape index (κ3) is 6.46. The molecule has 0 amide bonds. The Kier molecular flexibility index (Phi) is 9.45. The lowest BCUT2D eigenvalue weighted by Gasteiger charge is -2.18. The second-order valence-corrected chi connectivity index (χ2v) is 11.2. The summed E-state index contributed by atoms with van der Waals surface area (Å²) in [6.07, 6.45) is 1.29. The maximum atomic E-state index is 13.9. The second-order valence-electron chi connectivity index (χ2n) is 10.8. The van der Waals surface area contributed by atoms with Gasteiger partial charge in [-0.25, -0.2) is 4.98 Å². The predicted octanol–water partition coefficient (Wildman–Crippen LogP) is 7.79. The van der Waals surface area contributed by atoms with Gasteiger partial charge in [0, 0.05) is 27.8 Å². The van der Waals surface area contributed by atoms with Gasteiger partial charge in [-0.05, 0) is 67.3 Å². The van der Waals surface area contributed by atoms with Crippen molar-refractivity contribution < 1.29 is 14.4 Å². The number of ether oxygens (including phenoxy) is 2. The molecule has 0 aliphatic carbocycles. The SMILES string of the molecule is CCOc1cc(C)c(-c2nc3ccccc3c(=O)n2N=Cc2cc(Cl)cc([N+](=O)[O-])c2OCc2ccccc2C#N)cc1C(C)C. The first-order chi connectivity index (χ1) is 22.1. The largest absolute Gasteiger partial charge is 0.494 e. The topological polar surface area (TPSA) is 133 Å². The Bertz CT molecular complexity index is 2100. The van der Waals surface area contributed by atoms with Gasteiger partial charge in [-0.3, -0.25) is 14.9 Å². The van der Waals surface area contributed by atoms with Gasteiger partial charge in [-0.15, -0.1) is 0 Å². The minimum Gasteiger partial charge on any atom is -0.494 e. The predicted molar refractivity (Wildman–Crippen MR) is 178 cm³/mol. The van der Waals surface area contributed by atoms with Gasteiger partial charge in [-0.1, -0.05) is 55.8 Å². The fourth-order valence-electron chi connectivity index (χ4n) is 5.09. The first-order valence-electron chi connectivity index (χ1n) is 14.6. The lowest BCUT2D eigenvalue weighted by molar-refractivity contribution is -0.385. The molecule has 0 spiro atoms. The van der Waals surface area contributed by atoms with E-state index in [2.05, 4.69) is 25.0 Å². The third-order valence-electron chi connectivity index (χ3n) is 7.35. The molecule has 0 saturated heterocycles. The van der Waals surface area contributed by atoms with E-state index in [-0.39, 0.29) is 34.7 Å². The van der Waals surface area contributed by atoms with Crippen molar-refractivity contribution in [2.75, 3.05) is 6.61 Å². The lowest BCUT2D eigenvalue weighted by Crippen LogP contribution is -2.21. The van der Waals surface area contributed by atoms with E-state index in [1.54, 1.807) is 48.5 Å². The van der Waals surface area contributed by atoms with Crippen LogP contribution in [0.2, 0.25) is 5.02 Å². The van der Waals surface area contributed by atoms with Gasteiger partial charge in [0.1, 0.15) is 12.4 Å². The Morgan fingerprint density at radius 2 is 1.85 bits per heavy atom. The number of rotatable bonds is 10. The second kappa shape index (κ2) is 13.6. The van der Waals surface area contributed by atoms with Crippen molar-refractivity contribution in [2.24, 2.45) is 5.10 Å². The number of nitriles is 1. The van der Waals surface area contributed by atoms with Crippen LogP contribution in [0, 0.1) is 28.4 Å². The number of fused-ring (bicyclic) bond motifs is 1. The molecule has 46 heavy (non-hydrogen) atoms. The van der Waals surface area contributed by atoms with Crippen LogP contribution in [0.15, 0.2) is 82.7 Å². The minimum atomic E-state index is -0.610.